The van der Waals surface area contributed by atoms with Crippen LogP contribution in [-0.2, 0) is 11.3 Å². The highest BCUT2D eigenvalue weighted by Crippen LogP contribution is 2.28. The minimum absolute atomic E-state index is 0.0779. The van der Waals surface area contributed by atoms with Crippen molar-refractivity contribution in [2.24, 2.45) is 0 Å². The molecule has 2 heterocycles. The molecule has 134 valence electrons. The average molecular weight is 407 g/mol. The van der Waals surface area contributed by atoms with E-state index >= 15 is 0 Å². The second-order valence-electron chi connectivity index (χ2n) is 7.21. The summed E-state index contributed by atoms with van der Waals surface area (Å²) in [7, 11) is 0. The highest BCUT2D eigenvalue weighted by atomic mass is 79.9. The number of hydrogen-bond acceptors (Lipinski definition) is 4. The largest absolute Gasteiger partial charge is 0.374 e. The summed E-state index contributed by atoms with van der Waals surface area (Å²) >= 11 is 3.46. The van der Waals surface area contributed by atoms with Gasteiger partial charge in [0.05, 0.1) is 48.1 Å². The summed E-state index contributed by atoms with van der Waals surface area (Å²) in [5, 5.41) is 3.09. The molecular formula is C18H23BrN4O2. The van der Waals surface area contributed by atoms with Crippen molar-refractivity contribution in [3.63, 3.8) is 0 Å². The van der Waals surface area contributed by atoms with Gasteiger partial charge in [-0.25, -0.2) is 4.98 Å². The zero-order chi connectivity index (χ0) is 18.0. The number of ether oxygens (including phenoxy) is 1. The van der Waals surface area contributed by atoms with E-state index in [9.17, 15) is 4.79 Å². The molecular weight excluding hydrogens is 384 g/mol. The molecule has 2 N–H and O–H groups in total. The Morgan fingerprint density at radius 1 is 1.40 bits per heavy atom. The lowest BCUT2D eigenvalue weighted by molar-refractivity contribution is -0.0129. The average Bonchev–Trinajstić information content (AvgIpc) is 2.99. The topological polar surface area (TPSA) is 70.2 Å². The van der Waals surface area contributed by atoms with Crippen LogP contribution in [0, 0.1) is 0 Å². The smallest absolute Gasteiger partial charge is 0.253 e. The van der Waals surface area contributed by atoms with E-state index in [1.807, 2.05) is 39.0 Å². The highest BCUT2D eigenvalue weighted by molar-refractivity contribution is 9.10. The lowest BCUT2D eigenvalue weighted by Crippen LogP contribution is -2.45. The number of carbonyl (C=O) groups is 1. The van der Waals surface area contributed by atoms with Crippen LogP contribution in [0.3, 0.4) is 0 Å². The third-order valence-corrected chi connectivity index (χ3v) is 4.45. The second-order valence-corrected chi connectivity index (χ2v) is 8.13. The molecule has 0 radical (unpaired) electrons. The van der Waals surface area contributed by atoms with Crippen LogP contribution in [0.5, 0.6) is 0 Å². The molecule has 3 rings (SSSR count). The van der Waals surface area contributed by atoms with E-state index < -0.39 is 0 Å². The zero-order valence-corrected chi connectivity index (χ0v) is 16.3. The van der Waals surface area contributed by atoms with E-state index in [0.29, 0.717) is 25.3 Å². The molecule has 1 unspecified atom stereocenters. The molecule has 0 saturated heterocycles. The maximum Gasteiger partial charge on any atom is 0.253 e. The van der Waals surface area contributed by atoms with Gasteiger partial charge in [0.2, 0.25) is 0 Å². The first kappa shape index (κ1) is 17.9. The molecule has 1 aromatic carbocycles. The van der Waals surface area contributed by atoms with Crippen LogP contribution < -0.4 is 10.2 Å². The van der Waals surface area contributed by atoms with Crippen LogP contribution in [0.1, 0.15) is 36.8 Å². The van der Waals surface area contributed by atoms with Gasteiger partial charge < -0.3 is 19.9 Å². The van der Waals surface area contributed by atoms with Crippen molar-refractivity contribution in [2.75, 3.05) is 18.1 Å². The number of H-pyrrole nitrogens is 1. The van der Waals surface area contributed by atoms with Gasteiger partial charge in [-0.15, -0.1) is 0 Å². The van der Waals surface area contributed by atoms with Gasteiger partial charge in [0.25, 0.3) is 5.91 Å². The Hall–Kier alpha value is -1.86. The number of imidazole rings is 1. The Labute approximate surface area is 156 Å². The van der Waals surface area contributed by atoms with E-state index in [1.54, 1.807) is 12.5 Å². The van der Waals surface area contributed by atoms with Crippen LogP contribution in [0.25, 0.3) is 0 Å². The Bertz CT molecular complexity index is 740. The quantitative estimate of drug-likeness (QED) is 0.817. The van der Waals surface area contributed by atoms with Gasteiger partial charge in [0, 0.05) is 17.2 Å². The van der Waals surface area contributed by atoms with Gasteiger partial charge in [-0.3, -0.25) is 4.79 Å². The van der Waals surface area contributed by atoms with Crippen molar-refractivity contribution < 1.29 is 9.53 Å². The van der Waals surface area contributed by atoms with E-state index in [0.717, 1.165) is 15.9 Å². The lowest BCUT2D eigenvalue weighted by Gasteiger charge is -2.29. The molecule has 0 saturated carbocycles. The number of rotatable bonds is 4. The lowest BCUT2D eigenvalue weighted by atomic mass is 10.1. The van der Waals surface area contributed by atoms with Crippen LogP contribution in [0.4, 0.5) is 5.69 Å². The number of halogens is 1. The van der Waals surface area contributed by atoms with Crippen molar-refractivity contribution in [3.05, 3.63) is 46.5 Å². The highest BCUT2D eigenvalue weighted by Gasteiger charge is 2.28. The number of anilines is 1. The molecule has 1 aromatic heterocycles. The maximum atomic E-state index is 12.7. The number of nitrogens with zero attached hydrogens (tertiary/aromatic N) is 2. The molecule has 1 aliphatic heterocycles. The molecule has 1 atom stereocenters. The van der Waals surface area contributed by atoms with Gasteiger partial charge in [-0.1, -0.05) is 15.9 Å². The van der Waals surface area contributed by atoms with Gasteiger partial charge in [0.1, 0.15) is 0 Å². The summed E-state index contributed by atoms with van der Waals surface area (Å²) < 4.78 is 6.79. The fourth-order valence-corrected chi connectivity index (χ4v) is 3.17. The summed E-state index contributed by atoms with van der Waals surface area (Å²) in [5.74, 6) is -0.0779. The van der Waals surface area contributed by atoms with Crippen molar-refractivity contribution in [1.82, 2.24) is 15.3 Å². The number of amides is 1. The molecule has 0 aliphatic carbocycles. The molecule has 7 heteroatoms. The fraction of sp³-hybridized carbons (Fsp3) is 0.444. The molecule has 0 bridgehead atoms. The standard InChI is InChI=1S/C18H23BrN4O2/c1-18(2,3)25-10-14-9-23(8-13-7-20-11-21-13)16-5-4-12(19)6-15(16)17(24)22-14/h4-7,11,14H,8-10H2,1-3H3,(H,20,21)(H,22,24). The Balaban J connectivity index is 1.88. The maximum absolute atomic E-state index is 12.7. The first-order valence-corrected chi connectivity index (χ1v) is 9.08. The predicted molar refractivity (Wildman–Crippen MR) is 101 cm³/mol. The Morgan fingerprint density at radius 2 is 2.20 bits per heavy atom. The SMILES string of the molecule is CC(C)(C)OCC1CN(Cc2cnc[nH]2)c2ccc(Br)cc2C(=O)N1. The molecule has 6 nitrogen and oxygen atoms in total. The van der Waals surface area contributed by atoms with E-state index in [1.165, 1.54) is 0 Å². The third-order valence-electron chi connectivity index (χ3n) is 3.95. The van der Waals surface area contributed by atoms with Crippen molar-refractivity contribution in [2.45, 2.75) is 39.0 Å². The first-order chi connectivity index (χ1) is 11.8. The van der Waals surface area contributed by atoms with E-state index in [4.69, 9.17) is 4.74 Å². The Kier molecular flexibility index (Phi) is 5.15. The summed E-state index contributed by atoms with van der Waals surface area (Å²) in [6.45, 7) is 7.81. The second kappa shape index (κ2) is 7.17. The number of hydrogen-bond donors (Lipinski definition) is 2. The number of aromatic nitrogens is 2. The minimum atomic E-state index is -0.249. The first-order valence-electron chi connectivity index (χ1n) is 8.28. The van der Waals surface area contributed by atoms with Gasteiger partial charge >= 0.3 is 0 Å². The molecule has 1 aliphatic rings. The summed E-state index contributed by atoms with van der Waals surface area (Å²) in [6, 6.07) is 5.69. The minimum Gasteiger partial charge on any atom is -0.374 e. The normalized spacial score (nSPS) is 17.8. The van der Waals surface area contributed by atoms with Crippen molar-refractivity contribution in [1.29, 1.82) is 0 Å². The molecule has 0 fully saturated rings. The van der Waals surface area contributed by atoms with Crippen LogP contribution >= 0.6 is 15.9 Å². The van der Waals surface area contributed by atoms with Crippen molar-refractivity contribution in [3.8, 4) is 0 Å². The van der Waals surface area contributed by atoms with Gasteiger partial charge in [-0.05, 0) is 39.0 Å². The summed E-state index contributed by atoms with van der Waals surface area (Å²) in [4.78, 5) is 22.1. The number of benzene rings is 1. The number of nitrogens with one attached hydrogen (secondary N) is 2. The summed E-state index contributed by atoms with van der Waals surface area (Å²) in [5.41, 5.74) is 2.32. The number of fused-ring (bicyclic) bond motifs is 1. The molecule has 2 aromatic rings. The Morgan fingerprint density at radius 3 is 2.88 bits per heavy atom. The molecule has 25 heavy (non-hydrogen) atoms. The third kappa shape index (κ3) is 4.61. The van der Waals surface area contributed by atoms with Gasteiger partial charge in [-0.2, -0.15) is 0 Å². The van der Waals surface area contributed by atoms with Crippen LogP contribution in [0.15, 0.2) is 35.2 Å². The van der Waals surface area contributed by atoms with E-state index in [2.05, 4.69) is 36.1 Å². The molecule has 1 amide bonds. The number of aromatic amines is 1. The predicted octanol–water partition coefficient (Wildman–Crippen LogP) is 3.11. The summed E-state index contributed by atoms with van der Waals surface area (Å²) in [6.07, 6.45) is 3.47. The van der Waals surface area contributed by atoms with Crippen molar-refractivity contribution >= 4 is 27.5 Å². The fourth-order valence-electron chi connectivity index (χ4n) is 2.81. The van der Waals surface area contributed by atoms with Crippen LogP contribution in [-0.4, -0.2) is 40.7 Å². The van der Waals surface area contributed by atoms with E-state index in [-0.39, 0.29) is 17.6 Å². The monoisotopic (exact) mass is 406 g/mol. The number of carbonyl (C=O) groups excluding carboxylic acids is 1. The zero-order valence-electron chi connectivity index (χ0n) is 14.7. The van der Waals surface area contributed by atoms with Gasteiger partial charge in [0.15, 0.2) is 0 Å². The van der Waals surface area contributed by atoms with Crippen LogP contribution in [0.2, 0.25) is 0 Å². The molecule has 0 spiro atoms.